The molecule has 3 atom stereocenters. The van der Waals surface area contributed by atoms with E-state index in [1.165, 1.54) is 24.8 Å². The lowest BCUT2D eigenvalue weighted by Crippen LogP contribution is -2.45. The fourth-order valence-electron chi connectivity index (χ4n) is 4.12. The average molecular weight is 292 g/mol. The molecule has 1 aromatic carbocycles. The van der Waals surface area contributed by atoms with Crippen LogP contribution in [0.1, 0.15) is 38.7 Å². The van der Waals surface area contributed by atoms with Crippen molar-refractivity contribution in [1.82, 2.24) is 0 Å². The van der Waals surface area contributed by atoms with E-state index in [0.717, 1.165) is 5.56 Å². The summed E-state index contributed by atoms with van der Waals surface area (Å²) >= 11 is 6.37. The van der Waals surface area contributed by atoms with Crippen LogP contribution in [0.15, 0.2) is 24.3 Å². The van der Waals surface area contributed by atoms with Gasteiger partial charge in [0.15, 0.2) is 0 Å². The smallest absolute Gasteiger partial charge is 0.116 e. The van der Waals surface area contributed by atoms with E-state index < -0.39 is 0 Å². The molecule has 3 N–H and O–H groups in total. The highest BCUT2D eigenvalue weighted by molar-refractivity contribution is 6.32. The van der Waals surface area contributed by atoms with Gasteiger partial charge in [-0.2, -0.15) is 0 Å². The molecular formula is C17H22ClNO. The van der Waals surface area contributed by atoms with E-state index in [-0.39, 0.29) is 11.3 Å². The minimum atomic E-state index is -0.277. The molecule has 20 heavy (non-hydrogen) atoms. The maximum absolute atomic E-state index is 9.79. The minimum Gasteiger partial charge on any atom is -0.508 e. The Hall–Kier alpha value is -0.990. The van der Waals surface area contributed by atoms with Crippen LogP contribution in [-0.4, -0.2) is 10.6 Å². The van der Waals surface area contributed by atoms with E-state index >= 15 is 0 Å². The molecule has 1 aromatic rings. The van der Waals surface area contributed by atoms with Crippen molar-refractivity contribution in [2.75, 3.05) is 0 Å². The van der Waals surface area contributed by atoms with Crippen LogP contribution in [0.3, 0.4) is 0 Å². The van der Waals surface area contributed by atoms with Gasteiger partial charge in [0.2, 0.25) is 0 Å². The Balaban J connectivity index is 2.12. The average Bonchev–Trinajstić information content (AvgIpc) is 2.71. The number of phenolic OH excluding ortho intramolecular Hbond substituents is 1. The van der Waals surface area contributed by atoms with Crippen molar-refractivity contribution in [3.63, 3.8) is 0 Å². The number of halogens is 1. The highest BCUT2D eigenvalue weighted by Gasteiger charge is 2.43. The lowest BCUT2D eigenvalue weighted by atomic mass is 9.68. The molecule has 0 aromatic heterocycles. The van der Waals surface area contributed by atoms with Crippen molar-refractivity contribution in [3.05, 3.63) is 34.9 Å². The molecule has 0 aliphatic heterocycles. The zero-order valence-electron chi connectivity index (χ0n) is 12.1. The number of benzene rings is 1. The first-order valence-electron chi connectivity index (χ1n) is 7.35. The third-order valence-electron chi connectivity index (χ3n) is 4.80. The Morgan fingerprint density at radius 3 is 2.75 bits per heavy atom. The van der Waals surface area contributed by atoms with Gasteiger partial charge in [0.1, 0.15) is 5.75 Å². The summed E-state index contributed by atoms with van der Waals surface area (Å²) < 4.78 is 0. The summed E-state index contributed by atoms with van der Waals surface area (Å²) in [7, 11) is 0. The van der Waals surface area contributed by atoms with E-state index in [1.807, 2.05) is 0 Å². The normalized spacial score (nSPS) is 29.4. The van der Waals surface area contributed by atoms with Crippen molar-refractivity contribution in [3.8, 4) is 5.75 Å². The molecule has 2 aliphatic rings. The van der Waals surface area contributed by atoms with Crippen molar-refractivity contribution >= 4 is 17.2 Å². The molecule has 1 saturated carbocycles. The number of fused-ring (bicyclic) bond motifs is 2. The number of aromatic hydroxyl groups is 1. The Morgan fingerprint density at radius 1 is 1.30 bits per heavy atom. The van der Waals surface area contributed by atoms with Gasteiger partial charge in [0.25, 0.3) is 0 Å². The minimum absolute atomic E-state index is 0.261. The van der Waals surface area contributed by atoms with E-state index in [9.17, 15) is 5.11 Å². The van der Waals surface area contributed by atoms with Gasteiger partial charge in [-0.3, -0.25) is 0 Å². The molecule has 0 heterocycles. The predicted octanol–water partition coefficient (Wildman–Crippen LogP) is 4.21. The second-order valence-corrected chi connectivity index (χ2v) is 7.33. The molecule has 3 unspecified atom stereocenters. The van der Waals surface area contributed by atoms with Crippen LogP contribution < -0.4 is 5.73 Å². The molecule has 3 rings (SSSR count). The molecule has 2 aliphatic carbocycles. The molecule has 1 fully saturated rings. The van der Waals surface area contributed by atoms with E-state index in [1.54, 1.807) is 18.2 Å². The predicted molar refractivity (Wildman–Crippen MR) is 83.7 cm³/mol. The Bertz CT molecular complexity index is 559. The molecule has 0 spiro atoms. The molecule has 2 nitrogen and oxygen atoms in total. The van der Waals surface area contributed by atoms with Gasteiger partial charge in [-0.1, -0.05) is 17.7 Å². The zero-order chi connectivity index (χ0) is 14.5. The number of phenols is 1. The summed E-state index contributed by atoms with van der Waals surface area (Å²) in [6.07, 6.45) is 6.08. The maximum atomic E-state index is 9.79. The lowest BCUT2D eigenvalue weighted by molar-refractivity contribution is 0.273. The van der Waals surface area contributed by atoms with Crippen molar-refractivity contribution in [1.29, 1.82) is 0 Å². The Labute approximate surface area is 125 Å². The fourth-order valence-corrected chi connectivity index (χ4v) is 4.35. The van der Waals surface area contributed by atoms with Crippen molar-refractivity contribution < 1.29 is 5.11 Å². The van der Waals surface area contributed by atoms with Crippen LogP contribution in [0, 0.1) is 17.8 Å². The third kappa shape index (κ3) is 2.36. The van der Waals surface area contributed by atoms with E-state index in [0.29, 0.717) is 22.8 Å². The summed E-state index contributed by atoms with van der Waals surface area (Å²) in [5.74, 6) is 1.85. The SMILES string of the molecule is CC(C)(N)C1C(c2cc(O)ccc2Cl)=CC2CCC1C2. The van der Waals surface area contributed by atoms with Crippen LogP contribution in [-0.2, 0) is 0 Å². The van der Waals surface area contributed by atoms with Crippen LogP contribution in [0.5, 0.6) is 5.75 Å². The van der Waals surface area contributed by atoms with Gasteiger partial charge in [0, 0.05) is 16.5 Å². The monoisotopic (exact) mass is 291 g/mol. The first-order chi connectivity index (χ1) is 9.36. The molecule has 2 bridgehead atoms. The lowest BCUT2D eigenvalue weighted by Gasteiger charge is -2.40. The standard InChI is InChI=1S/C17H22ClNO/c1-17(2,19)16-11-4-3-10(7-11)8-14(16)13-9-12(20)5-6-15(13)18/h5-6,8-11,16,20H,3-4,7,19H2,1-2H3. The largest absolute Gasteiger partial charge is 0.508 e. The highest BCUT2D eigenvalue weighted by Crippen LogP contribution is 2.52. The second kappa shape index (κ2) is 4.78. The van der Waals surface area contributed by atoms with Crippen LogP contribution in [0.4, 0.5) is 0 Å². The van der Waals surface area contributed by atoms with Crippen LogP contribution in [0.2, 0.25) is 5.02 Å². The summed E-state index contributed by atoms with van der Waals surface area (Å²) in [5.41, 5.74) is 8.37. The Morgan fingerprint density at radius 2 is 2.05 bits per heavy atom. The third-order valence-corrected chi connectivity index (χ3v) is 5.13. The molecule has 0 radical (unpaired) electrons. The number of rotatable bonds is 2. The molecule has 0 amide bonds. The summed E-state index contributed by atoms with van der Waals surface area (Å²) in [5, 5.41) is 10.5. The summed E-state index contributed by atoms with van der Waals surface area (Å²) in [4.78, 5) is 0. The van der Waals surface area contributed by atoms with E-state index in [2.05, 4.69) is 19.9 Å². The summed E-state index contributed by atoms with van der Waals surface area (Å²) in [6.45, 7) is 4.20. The quantitative estimate of drug-likeness (QED) is 0.857. The Kier molecular flexibility index (Phi) is 3.34. The van der Waals surface area contributed by atoms with Gasteiger partial charge in [0.05, 0.1) is 0 Å². The summed E-state index contributed by atoms with van der Waals surface area (Å²) in [6, 6.07) is 5.17. The first kappa shape index (κ1) is 14.0. The number of allylic oxidation sites excluding steroid dienone is 1. The van der Waals surface area contributed by atoms with Gasteiger partial charge < -0.3 is 10.8 Å². The molecular weight excluding hydrogens is 270 g/mol. The van der Waals surface area contributed by atoms with Gasteiger partial charge >= 0.3 is 0 Å². The first-order valence-corrected chi connectivity index (χ1v) is 7.73. The maximum Gasteiger partial charge on any atom is 0.116 e. The van der Waals surface area contributed by atoms with Gasteiger partial charge in [-0.15, -0.1) is 0 Å². The van der Waals surface area contributed by atoms with Crippen LogP contribution >= 0.6 is 11.6 Å². The van der Waals surface area contributed by atoms with E-state index in [4.69, 9.17) is 17.3 Å². The number of hydrogen-bond acceptors (Lipinski definition) is 2. The van der Waals surface area contributed by atoms with Crippen molar-refractivity contribution in [2.24, 2.45) is 23.5 Å². The van der Waals surface area contributed by atoms with Gasteiger partial charge in [-0.25, -0.2) is 0 Å². The molecule has 108 valence electrons. The molecule has 3 heteroatoms. The van der Waals surface area contributed by atoms with Crippen LogP contribution in [0.25, 0.3) is 5.57 Å². The van der Waals surface area contributed by atoms with Gasteiger partial charge in [-0.05, 0) is 74.3 Å². The van der Waals surface area contributed by atoms with Crippen molar-refractivity contribution in [2.45, 2.75) is 38.6 Å². The zero-order valence-corrected chi connectivity index (χ0v) is 12.8. The fraction of sp³-hybridized carbons (Fsp3) is 0.529. The highest BCUT2D eigenvalue weighted by atomic mass is 35.5. The molecule has 0 saturated heterocycles. The second-order valence-electron chi connectivity index (χ2n) is 6.92. The topological polar surface area (TPSA) is 46.2 Å². The number of nitrogens with two attached hydrogens (primary N) is 1. The number of hydrogen-bond donors (Lipinski definition) is 2.